The summed E-state index contributed by atoms with van der Waals surface area (Å²) in [6, 6.07) is 4.15. The van der Waals surface area contributed by atoms with Crippen LogP contribution in [0.3, 0.4) is 0 Å². The highest BCUT2D eigenvalue weighted by molar-refractivity contribution is 5.96. The quantitative estimate of drug-likeness (QED) is 0.843. The molecule has 0 unspecified atom stereocenters. The van der Waals surface area contributed by atoms with Gasteiger partial charge in [0.2, 0.25) is 0 Å². The summed E-state index contributed by atoms with van der Waals surface area (Å²) in [4.78, 5) is 23.2. The maximum Gasteiger partial charge on any atom is 0.323 e. The molecule has 1 rings (SSSR count). The summed E-state index contributed by atoms with van der Waals surface area (Å²) >= 11 is 0. The molecule has 0 aromatic heterocycles. The molecule has 5 heteroatoms. The molecule has 0 spiro atoms. The van der Waals surface area contributed by atoms with E-state index in [9.17, 15) is 14.0 Å². The average Bonchev–Trinajstić information content (AvgIpc) is 2.20. The number of rotatable bonds is 3. The molecule has 1 amide bonds. The molecule has 1 aromatic carbocycles. The standard InChI is InChI=1S/C11H12FNO3/c1-7-8(4-3-5-9(7)12)11(16)13(2)6-10(14)15/h3-5H,6H2,1-2H3,(H,14,15). The highest BCUT2D eigenvalue weighted by atomic mass is 19.1. The Morgan fingerprint density at radius 1 is 1.44 bits per heavy atom. The predicted molar refractivity (Wildman–Crippen MR) is 55.7 cm³/mol. The van der Waals surface area contributed by atoms with Crippen molar-refractivity contribution >= 4 is 11.9 Å². The van der Waals surface area contributed by atoms with Crippen LogP contribution in [0.1, 0.15) is 15.9 Å². The topological polar surface area (TPSA) is 57.6 Å². The molecular formula is C11H12FNO3. The van der Waals surface area contributed by atoms with Gasteiger partial charge in [-0.2, -0.15) is 0 Å². The molecule has 0 aliphatic heterocycles. The number of carboxylic acid groups (broad SMARTS) is 1. The Bertz CT molecular complexity index is 431. The summed E-state index contributed by atoms with van der Waals surface area (Å²) in [6.07, 6.45) is 0. The fraction of sp³-hybridized carbons (Fsp3) is 0.273. The second-order valence-electron chi connectivity index (χ2n) is 3.47. The van der Waals surface area contributed by atoms with Crippen LogP contribution < -0.4 is 0 Å². The van der Waals surface area contributed by atoms with E-state index in [1.165, 1.54) is 32.2 Å². The fourth-order valence-electron chi connectivity index (χ4n) is 1.32. The van der Waals surface area contributed by atoms with Gasteiger partial charge in [0.1, 0.15) is 12.4 Å². The molecule has 0 radical (unpaired) electrons. The summed E-state index contributed by atoms with van der Waals surface area (Å²) < 4.78 is 13.2. The van der Waals surface area contributed by atoms with Crippen LogP contribution in [0.15, 0.2) is 18.2 Å². The van der Waals surface area contributed by atoms with Gasteiger partial charge in [-0.05, 0) is 24.6 Å². The highest BCUT2D eigenvalue weighted by Gasteiger charge is 2.17. The zero-order valence-electron chi connectivity index (χ0n) is 9.03. The minimum atomic E-state index is -1.11. The number of nitrogens with zero attached hydrogens (tertiary/aromatic N) is 1. The number of benzene rings is 1. The maximum absolute atomic E-state index is 13.2. The number of carbonyl (C=O) groups excluding carboxylic acids is 1. The summed E-state index contributed by atoms with van der Waals surface area (Å²) in [7, 11) is 1.36. The van der Waals surface area contributed by atoms with Crippen molar-refractivity contribution in [3.63, 3.8) is 0 Å². The first-order valence-corrected chi connectivity index (χ1v) is 4.66. The number of hydrogen-bond acceptors (Lipinski definition) is 2. The molecule has 1 N–H and O–H groups in total. The molecule has 4 nitrogen and oxygen atoms in total. The van der Waals surface area contributed by atoms with E-state index in [2.05, 4.69) is 0 Å². The lowest BCUT2D eigenvalue weighted by Gasteiger charge is -2.15. The lowest BCUT2D eigenvalue weighted by Crippen LogP contribution is -2.32. The second-order valence-corrected chi connectivity index (χ2v) is 3.47. The van der Waals surface area contributed by atoms with E-state index in [1.54, 1.807) is 0 Å². The molecule has 0 saturated heterocycles. The monoisotopic (exact) mass is 225 g/mol. The van der Waals surface area contributed by atoms with E-state index in [1.807, 2.05) is 0 Å². The molecule has 0 fully saturated rings. The number of halogens is 1. The molecule has 1 aromatic rings. The highest BCUT2D eigenvalue weighted by Crippen LogP contribution is 2.13. The van der Waals surface area contributed by atoms with Crippen LogP contribution in [0.25, 0.3) is 0 Å². The van der Waals surface area contributed by atoms with Crippen LogP contribution in [0.4, 0.5) is 4.39 Å². The van der Waals surface area contributed by atoms with E-state index < -0.39 is 24.2 Å². The molecular weight excluding hydrogens is 213 g/mol. The number of amides is 1. The second kappa shape index (κ2) is 4.74. The van der Waals surface area contributed by atoms with Crippen molar-refractivity contribution in [3.8, 4) is 0 Å². The minimum absolute atomic E-state index is 0.184. The van der Waals surface area contributed by atoms with Gasteiger partial charge < -0.3 is 10.0 Å². The smallest absolute Gasteiger partial charge is 0.323 e. The Morgan fingerprint density at radius 2 is 2.06 bits per heavy atom. The Morgan fingerprint density at radius 3 is 2.62 bits per heavy atom. The van der Waals surface area contributed by atoms with Crippen LogP contribution in [-0.2, 0) is 4.79 Å². The Kier molecular flexibility index (Phi) is 3.60. The predicted octanol–water partition coefficient (Wildman–Crippen LogP) is 1.29. The van der Waals surface area contributed by atoms with Crippen LogP contribution in [0.2, 0.25) is 0 Å². The normalized spacial score (nSPS) is 9.94. The molecule has 86 valence electrons. The van der Waals surface area contributed by atoms with Crippen molar-refractivity contribution in [3.05, 3.63) is 35.1 Å². The van der Waals surface area contributed by atoms with Crippen molar-refractivity contribution in [2.45, 2.75) is 6.92 Å². The van der Waals surface area contributed by atoms with E-state index in [-0.39, 0.29) is 11.1 Å². The maximum atomic E-state index is 13.2. The van der Waals surface area contributed by atoms with E-state index in [0.717, 1.165) is 4.90 Å². The first kappa shape index (κ1) is 12.2. The van der Waals surface area contributed by atoms with E-state index >= 15 is 0 Å². The Labute approximate surface area is 92.3 Å². The van der Waals surface area contributed by atoms with Gasteiger partial charge in [0.05, 0.1) is 0 Å². The van der Waals surface area contributed by atoms with Gasteiger partial charge in [-0.1, -0.05) is 6.07 Å². The number of carboxylic acids is 1. The summed E-state index contributed by atoms with van der Waals surface area (Å²) in [5.74, 6) is -2.08. The molecule has 0 bridgehead atoms. The number of aliphatic carboxylic acids is 1. The molecule has 16 heavy (non-hydrogen) atoms. The zero-order valence-corrected chi connectivity index (χ0v) is 9.03. The van der Waals surface area contributed by atoms with Crippen LogP contribution >= 0.6 is 0 Å². The first-order chi connectivity index (χ1) is 7.43. The largest absolute Gasteiger partial charge is 0.480 e. The van der Waals surface area contributed by atoms with Crippen molar-refractivity contribution in [1.82, 2.24) is 4.90 Å². The first-order valence-electron chi connectivity index (χ1n) is 4.66. The van der Waals surface area contributed by atoms with Crippen LogP contribution in [-0.4, -0.2) is 35.5 Å². The Balaban J connectivity index is 2.96. The van der Waals surface area contributed by atoms with Crippen molar-refractivity contribution in [2.75, 3.05) is 13.6 Å². The molecule has 0 heterocycles. The van der Waals surface area contributed by atoms with Gasteiger partial charge in [-0.15, -0.1) is 0 Å². The molecule has 0 aliphatic carbocycles. The molecule has 0 atom stereocenters. The number of likely N-dealkylation sites (N-methyl/N-ethyl adjacent to an activating group) is 1. The van der Waals surface area contributed by atoms with Gasteiger partial charge in [-0.3, -0.25) is 9.59 Å². The third-order valence-corrected chi connectivity index (χ3v) is 2.22. The van der Waals surface area contributed by atoms with Gasteiger partial charge in [0, 0.05) is 12.6 Å². The molecule has 0 saturated carbocycles. The average molecular weight is 225 g/mol. The van der Waals surface area contributed by atoms with Gasteiger partial charge in [0.15, 0.2) is 0 Å². The number of carbonyl (C=O) groups is 2. The summed E-state index contributed by atoms with van der Waals surface area (Å²) in [6.45, 7) is 1.08. The van der Waals surface area contributed by atoms with Crippen molar-refractivity contribution in [2.24, 2.45) is 0 Å². The van der Waals surface area contributed by atoms with Gasteiger partial charge >= 0.3 is 5.97 Å². The van der Waals surface area contributed by atoms with Crippen LogP contribution in [0, 0.1) is 12.7 Å². The van der Waals surface area contributed by atoms with Gasteiger partial charge in [-0.25, -0.2) is 4.39 Å². The van der Waals surface area contributed by atoms with E-state index in [4.69, 9.17) is 5.11 Å². The van der Waals surface area contributed by atoms with Gasteiger partial charge in [0.25, 0.3) is 5.91 Å². The Hall–Kier alpha value is -1.91. The van der Waals surface area contributed by atoms with E-state index in [0.29, 0.717) is 0 Å². The van der Waals surface area contributed by atoms with Crippen molar-refractivity contribution in [1.29, 1.82) is 0 Å². The lowest BCUT2D eigenvalue weighted by atomic mass is 10.1. The summed E-state index contributed by atoms with van der Waals surface area (Å²) in [5.41, 5.74) is 0.411. The minimum Gasteiger partial charge on any atom is -0.480 e. The summed E-state index contributed by atoms with van der Waals surface area (Å²) in [5, 5.41) is 8.54. The third kappa shape index (κ3) is 2.56. The number of hydrogen-bond donors (Lipinski definition) is 1. The lowest BCUT2D eigenvalue weighted by molar-refractivity contribution is -0.137. The fourth-order valence-corrected chi connectivity index (χ4v) is 1.32. The van der Waals surface area contributed by atoms with Crippen LogP contribution in [0.5, 0.6) is 0 Å². The third-order valence-electron chi connectivity index (χ3n) is 2.22. The van der Waals surface area contributed by atoms with Crippen molar-refractivity contribution < 1.29 is 19.1 Å². The zero-order chi connectivity index (χ0) is 12.3. The SMILES string of the molecule is Cc1c(F)cccc1C(=O)N(C)CC(=O)O. The molecule has 0 aliphatic rings.